The van der Waals surface area contributed by atoms with Crippen molar-refractivity contribution in [3.63, 3.8) is 0 Å². The fourth-order valence-electron chi connectivity index (χ4n) is 1.25. The topological polar surface area (TPSA) is 43.1 Å². The number of carbonyl (C=O) groups is 1. The van der Waals surface area contributed by atoms with Crippen molar-refractivity contribution >= 4 is 28.6 Å². The van der Waals surface area contributed by atoms with Crippen molar-refractivity contribution < 1.29 is 13.6 Å². The smallest absolute Gasteiger partial charge is 0.185 e. The zero-order chi connectivity index (χ0) is 12.8. The van der Waals surface area contributed by atoms with E-state index in [2.05, 4.69) is 0 Å². The van der Waals surface area contributed by atoms with Crippen LogP contribution in [0.4, 0.5) is 14.5 Å². The monoisotopic (exact) mass is 257 g/mol. The van der Waals surface area contributed by atoms with Gasteiger partial charge < -0.3 is 5.73 Å². The van der Waals surface area contributed by atoms with Crippen molar-refractivity contribution in [1.82, 2.24) is 0 Å². The third-order valence-corrected chi connectivity index (χ3v) is 2.85. The molecule has 1 rings (SSSR count). The van der Waals surface area contributed by atoms with Gasteiger partial charge in [0.05, 0.1) is 0 Å². The second kappa shape index (κ2) is 6.39. The molecule has 1 aromatic rings. The highest BCUT2D eigenvalue weighted by atomic mass is 32.2. The molecule has 5 heteroatoms. The average Bonchev–Trinajstić information content (AvgIpc) is 2.20. The lowest BCUT2D eigenvalue weighted by Gasteiger charge is -2.02. The molecular weight excluding hydrogens is 244 g/mol. The summed E-state index contributed by atoms with van der Waals surface area (Å²) in [4.78, 5) is 10.6. The summed E-state index contributed by atoms with van der Waals surface area (Å²) in [6, 6.07) is 1.87. The predicted molar refractivity (Wildman–Crippen MR) is 67.6 cm³/mol. The molecule has 0 atom stereocenters. The Morgan fingerprint density at radius 1 is 1.47 bits per heavy atom. The van der Waals surface area contributed by atoms with Crippen molar-refractivity contribution in [2.75, 3.05) is 11.5 Å². The summed E-state index contributed by atoms with van der Waals surface area (Å²) in [7, 11) is 0. The molecule has 0 bridgehead atoms. The van der Waals surface area contributed by atoms with Gasteiger partial charge >= 0.3 is 0 Å². The van der Waals surface area contributed by atoms with Crippen LogP contribution in [0.1, 0.15) is 18.9 Å². The fourth-order valence-corrected chi connectivity index (χ4v) is 1.79. The average molecular weight is 257 g/mol. The first kappa shape index (κ1) is 13.7. The number of hydrogen-bond acceptors (Lipinski definition) is 3. The van der Waals surface area contributed by atoms with Crippen LogP contribution in [0.25, 0.3) is 6.08 Å². The summed E-state index contributed by atoms with van der Waals surface area (Å²) in [5, 5.41) is 0.0471. The van der Waals surface area contributed by atoms with E-state index < -0.39 is 11.6 Å². The molecule has 0 aliphatic heterocycles. The minimum Gasteiger partial charge on any atom is -0.398 e. The van der Waals surface area contributed by atoms with E-state index in [0.717, 1.165) is 12.1 Å². The summed E-state index contributed by atoms with van der Waals surface area (Å²) in [6.45, 7) is 1.49. The lowest BCUT2D eigenvalue weighted by atomic mass is 10.1. The van der Waals surface area contributed by atoms with Crippen molar-refractivity contribution in [2.24, 2.45) is 0 Å². The highest BCUT2D eigenvalue weighted by molar-refractivity contribution is 8.13. The van der Waals surface area contributed by atoms with Crippen LogP contribution in [0.3, 0.4) is 0 Å². The number of halogens is 2. The second-order valence-corrected chi connectivity index (χ2v) is 4.69. The van der Waals surface area contributed by atoms with Gasteiger partial charge in [0.1, 0.15) is 11.6 Å². The van der Waals surface area contributed by atoms with Gasteiger partial charge in [-0.1, -0.05) is 23.9 Å². The summed E-state index contributed by atoms with van der Waals surface area (Å²) >= 11 is 1.20. The Morgan fingerprint density at radius 3 is 2.76 bits per heavy atom. The van der Waals surface area contributed by atoms with Crippen molar-refractivity contribution in [1.29, 1.82) is 0 Å². The van der Waals surface area contributed by atoms with Crippen LogP contribution >= 0.6 is 11.8 Å². The van der Waals surface area contributed by atoms with Gasteiger partial charge in [-0.3, -0.25) is 4.79 Å². The lowest BCUT2D eigenvalue weighted by molar-refractivity contribution is -0.109. The zero-order valence-electron chi connectivity index (χ0n) is 9.37. The van der Waals surface area contributed by atoms with Gasteiger partial charge in [0.2, 0.25) is 0 Å². The van der Waals surface area contributed by atoms with Crippen LogP contribution in [0, 0.1) is 11.6 Å². The first-order valence-electron chi connectivity index (χ1n) is 5.05. The molecule has 0 saturated heterocycles. The number of benzene rings is 1. The number of anilines is 1. The fraction of sp³-hybridized carbons (Fsp3) is 0.250. The van der Waals surface area contributed by atoms with Crippen LogP contribution in [0.5, 0.6) is 0 Å². The molecule has 0 radical (unpaired) electrons. The molecule has 1 aromatic carbocycles. The molecule has 0 aromatic heterocycles. The largest absolute Gasteiger partial charge is 0.398 e. The van der Waals surface area contributed by atoms with E-state index in [1.54, 1.807) is 6.08 Å². The maximum Gasteiger partial charge on any atom is 0.185 e. The Balaban J connectivity index is 2.62. The van der Waals surface area contributed by atoms with E-state index in [9.17, 15) is 13.6 Å². The van der Waals surface area contributed by atoms with Crippen molar-refractivity contribution in [3.8, 4) is 0 Å². The Bertz CT molecular complexity index is 423. The predicted octanol–water partition coefficient (Wildman–Crippen LogP) is 3.23. The maximum absolute atomic E-state index is 13.3. The standard InChI is InChI=1S/C12H13F2NOS/c1-8(16)17-5-3-2-4-10-11(14)6-9(13)7-12(10)15/h2,4,6-7H,3,5,15H2,1H3. The van der Waals surface area contributed by atoms with E-state index in [-0.39, 0.29) is 16.4 Å². The Morgan fingerprint density at radius 2 is 2.18 bits per heavy atom. The van der Waals surface area contributed by atoms with E-state index in [1.165, 1.54) is 24.8 Å². The Labute approximate surface area is 103 Å². The zero-order valence-corrected chi connectivity index (χ0v) is 10.2. The normalized spacial score (nSPS) is 11.0. The van der Waals surface area contributed by atoms with Gasteiger partial charge in [-0.2, -0.15) is 0 Å². The Hall–Kier alpha value is -1.36. The van der Waals surface area contributed by atoms with Crippen LogP contribution in [0.15, 0.2) is 18.2 Å². The summed E-state index contributed by atoms with van der Waals surface area (Å²) in [6.07, 6.45) is 3.84. The molecule has 0 amide bonds. The van der Waals surface area contributed by atoms with Gasteiger partial charge in [-0.25, -0.2) is 8.78 Å². The molecule has 17 heavy (non-hydrogen) atoms. The third-order valence-electron chi connectivity index (χ3n) is 2.00. The molecule has 0 spiro atoms. The maximum atomic E-state index is 13.3. The summed E-state index contributed by atoms with van der Waals surface area (Å²) in [5.41, 5.74) is 5.74. The SMILES string of the molecule is CC(=O)SCCC=Cc1c(N)cc(F)cc1F. The minimum atomic E-state index is -0.690. The molecule has 92 valence electrons. The van der Waals surface area contributed by atoms with E-state index in [1.807, 2.05) is 0 Å². The van der Waals surface area contributed by atoms with Crippen LogP contribution in [-0.2, 0) is 4.79 Å². The molecular formula is C12H13F2NOS. The summed E-state index contributed by atoms with van der Waals surface area (Å²) in [5.74, 6) is -0.739. The number of allylic oxidation sites excluding steroid dienone is 1. The van der Waals surface area contributed by atoms with Crippen LogP contribution in [0.2, 0.25) is 0 Å². The molecule has 2 N–H and O–H groups in total. The first-order valence-corrected chi connectivity index (χ1v) is 6.03. The lowest BCUT2D eigenvalue weighted by Crippen LogP contribution is -1.95. The quantitative estimate of drug-likeness (QED) is 0.665. The molecule has 0 aliphatic rings. The van der Waals surface area contributed by atoms with Gasteiger partial charge in [0.15, 0.2) is 5.12 Å². The van der Waals surface area contributed by atoms with Crippen molar-refractivity contribution in [3.05, 3.63) is 35.4 Å². The number of hydrogen-bond donors (Lipinski definition) is 1. The van der Waals surface area contributed by atoms with Crippen LogP contribution < -0.4 is 5.73 Å². The van der Waals surface area contributed by atoms with E-state index >= 15 is 0 Å². The molecule has 2 nitrogen and oxygen atoms in total. The van der Waals surface area contributed by atoms with Gasteiger partial charge in [-0.15, -0.1) is 0 Å². The highest BCUT2D eigenvalue weighted by Crippen LogP contribution is 2.20. The van der Waals surface area contributed by atoms with Crippen molar-refractivity contribution in [2.45, 2.75) is 13.3 Å². The number of thioether (sulfide) groups is 1. The molecule has 0 saturated carbocycles. The highest BCUT2D eigenvalue weighted by Gasteiger charge is 2.05. The number of carbonyl (C=O) groups excluding carboxylic acids is 1. The van der Waals surface area contributed by atoms with Gasteiger partial charge in [0, 0.05) is 30.0 Å². The van der Waals surface area contributed by atoms with E-state index in [0.29, 0.717) is 12.2 Å². The van der Waals surface area contributed by atoms with Gasteiger partial charge in [0.25, 0.3) is 0 Å². The summed E-state index contributed by atoms with van der Waals surface area (Å²) < 4.78 is 26.1. The third kappa shape index (κ3) is 4.56. The molecule has 0 aliphatic carbocycles. The van der Waals surface area contributed by atoms with E-state index in [4.69, 9.17) is 5.73 Å². The minimum absolute atomic E-state index is 0.0471. The van der Waals surface area contributed by atoms with Gasteiger partial charge in [-0.05, 0) is 12.5 Å². The number of nitrogens with two attached hydrogens (primary N) is 1. The number of nitrogen functional groups attached to an aromatic ring is 1. The number of rotatable bonds is 4. The molecule has 0 fully saturated rings. The first-order chi connectivity index (χ1) is 8.00. The van der Waals surface area contributed by atoms with Crippen LogP contribution in [-0.4, -0.2) is 10.9 Å². The second-order valence-electron chi connectivity index (χ2n) is 3.42. The Kier molecular flexibility index (Phi) is 5.15. The molecule has 0 heterocycles. The molecule has 0 unspecified atom stereocenters.